The molecule has 2 aromatic carbocycles. The lowest BCUT2D eigenvalue weighted by atomic mass is 9.78. The van der Waals surface area contributed by atoms with Gasteiger partial charge in [-0.15, -0.1) is 0 Å². The molecule has 0 fully saturated rings. The Morgan fingerprint density at radius 3 is 2.29 bits per heavy atom. The Kier molecular flexibility index (Phi) is 6.96. The van der Waals surface area contributed by atoms with E-state index in [-0.39, 0.29) is 29.8 Å². The fourth-order valence-corrected chi connectivity index (χ4v) is 4.23. The number of phenolic OH excluding ortho intramolecular Hbond substituents is 3. The molecule has 0 unspecified atom stereocenters. The molecule has 0 saturated heterocycles. The SMILES string of the molecule is CCCC(=O)c1c(O)c(CNCCS(=O)(=O)O)c(O)c2c1C(=O)c1cc(OC)cc(O)c1C2=O. The Morgan fingerprint density at radius 2 is 1.71 bits per heavy atom. The fourth-order valence-electron chi connectivity index (χ4n) is 3.83. The van der Waals surface area contributed by atoms with Gasteiger partial charge < -0.3 is 25.4 Å². The van der Waals surface area contributed by atoms with Crippen molar-refractivity contribution in [3.63, 3.8) is 0 Å². The highest BCUT2D eigenvalue weighted by Gasteiger charge is 2.40. The normalized spacial score (nSPS) is 12.9. The summed E-state index contributed by atoms with van der Waals surface area (Å²) in [5, 5.41) is 34.7. The average molecular weight is 493 g/mol. The van der Waals surface area contributed by atoms with Crippen LogP contribution in [0.5, 0.6) is 23.0 Å². The molecule has 0 amide bonds. The molecule has 12 heteroatoms. The first-order chi connectivity index (χ1) is 15.9. The van der Waals surface area contributed by atoms with Crippen molar-refractivity contribution >= 4 is 27.5 Å². The number of phenols is 3. The molecular weight excluding hydrogens is 470 g/mol. The molecule has 11 nitrogen and oxygen atoms in total. The molecule has 0 saturated carbocycles. The number of hydrogen-bond acceptors (Lipinski definition) is 10. The largest absolute Gasteiger partial charge is 0.507 e. The maximum atomic E-state index is 13.4. The second kappa shape index (κ2) is 9.41. The Hall–Kier alpha value is -3.48. The van der Waals surface area contributed by atoms with Gasteiger partial charge in [0.15, 0.2) is 11.6 Å². The molecule has 0 radical (unpaired) electrons. The summed E-state index contributed by atoms with van der Waals surface area (Å²) < 4.78 is 35.7. The summed E-state index contributed by atoms with van der Waals surface area (Å²) in [7, 11) is -2.99. The van der Waals surface area contributed by atoms with Gasteiger partial charge in [-0.1, -0.05) is 6.92 Å². The summed E-state index contributed by atoms with van der Waals surface area (Å²) >= 11 is 0. The summed E-state index contributed by atoms with van der Waals surface area (Å²) in [6.07, 6.45) is 0.293. The second-order valence-electron chi connectivity index (χ2n) is 7.66. The van der Waals surface area contributed by atoms with Crippen molar-refractivity contribution in [2.45, 2.75) is 26.3 Å². The highest BCUT2D eigenvalue weighted by Crippen LogP contribution is 2.45. The number of carbonyl (C=O) groups is 3. The van der Waals surface area contributed by atoms with Gasteiger partial charge in [-0.3, -0.25) is 18.9 Å². The van der Waals surface area contributed by atoms with Crippen LogP contribution in [0.3, 0.4) is 0 Å². The molecule has 1 aliphatic rings. The Morgan fingerprint density at radius 1 is 1.03 bits per heavy atom. The van der Waals surface area contributed by atoms with Crippen LogP contribution in [-0.4, -0.2) is 65.0 Å². The summed E-state index contributed by atoms with van der Waals surface area (Å²) in [6.45, 7) is 1.03. The van der Waals surface area contributed by atoms with Crippen LogP contribution in [0, 0.1) is 0 Å². The van der Waals surface area contributed by atoms with Gasteiger partial charge in [-0.2, -0.15) is 8.42 Å². The van der Waals surface area contributed by atoms with Gasteiger partial charge in [-0.05, 0) is 12.5 Å². The molecule has 34 heavy (non-hydrogen) atoms. The molecular formula is C22H23NO10S. The molecule has 0 aliphatic heterocycles. The van der Waals surface area contributed by atoms with Crippen LogP contribution in [0.1, 0.15) is 67.5 Å². The number of nitrogens with one attached hydrogen (secondary N) is 1. The van der Waals surface area contributed by atoms with E-state index in [4.69, 9.17) is 9.29 Å². The number of Topliss-reactive ketones (excluding diaryl/α,β-unsaturated/α-hetero) is 1. The van der Waals surface area contributed by atoms with E-state index in [1.807, 2.05) is 0 Å². The minimum absolute atomic E-state index is 0.0713. The van der Waals surface area contributed by atoms with Gasteiger partial charge in [-0.25, -0.2) is 0 Å². The van der Waals surface area contributed by atoms with E-state index in [2.05, 4.69) is 5.32 Å². The molecule has 0 heterocycles. The number of aromatic hydroxyl groups is 3. The zero-order valence-corrected chi connectivity index (χ0v) is 19.2. The van der Waals surface area contributed by atoms with E-state index < -0.39 is 79.3 Å². The summed E-state index contributed by atoms with van der Waals surface area (Å²) in [5.74, 6) is -5.13. The van der Waals surface area contributed by atoms with E-state index in [0.717, 1.165) is 6.07 Å². The van der Waals surface area contributed by atoms with Gasteiger partial charge in [0.2, 0.25) is 5.78 Å². The molecule has 0 spiro atoms. The Labute approximate surface area is 194 Å². The Bertz CT molecular complexity index is 1310. The van der Waals surface area contributed by atoms with E-state index in [0.29, 0.717) is 6.42 Å². The van der Waals surface area contributed by atoms with Crippen molar-refractivity contribution in [3.05, 3.63) is 45.5 Å². The predicted molar refractivity (Wildman–Crippen MR) is 119 cm³/mol. The molecule has 182 valence electrons. The molecule has 3 rings (SSSR count). The highest BCUT2D eigenvalue weighted by molar-refractivity contribution is 7.85. The van der Waals surface area contributed by atoms with E-state index >= 15 is 0 Å². The number of fused-ring (bicyclic) bond motifs is 2. The first-order valence-electron chi connectivity index (χ1n) is 10.2. The quantitative estimate of drug-likeness (QED) is 0.165. The molecule has 0 bridgehead atoms. The van der Waals surface area contributed by atoms with Gasteiger partial charge in [0.25, 0.3) is 10.1 Å². The van der Waals surface area contributed by atoms with E-state index in [1.165, 1.54) is 13.2 Å². The van der Waals surface area contributed by atoms with Gasteiger partial charge in [0.05, 0.1) is 40.7 Å². The van der Waals surface area contributed by atoms with Crippen LogP contribution in [0.2, 0.25) is 0 Å². The third kappa shape index (κ3) is 4.47. The first kappa shape index (κ1) is 25.1. The minimum atomic E-state index is -4.28. The van der Waals surface area contributed by atoms with Crippen molar-refractivity contribution in [3.8, 4) is 23.0 Å². The average Bonchev–Trinajstić information content (AvgIpc) is 2.75. The van der Waals surface area contributed by atoms with Crippen LogP contribution in [-0.2, 0) is 16.7 Å². The van der Waals surface area contributed by atoms with Gasteiger partial charge in [0.1, 0.15) is 23.0 Å². The monoisotopic (exact) mass is 493 g/mol. The van der Waals surface area contributed by atoms with Crippen LogP contribution in [0.4, 0.5) is 0 Å². The maximum Gasteiger partial charge on any atom is 0.266 e. The van der Waals surface area contributed by atoms with Crippen molar-refractivity contribution in [1.29, 1.82) is 0 Å². The Balaban J connectivity index is 2.23. The molecule has 1 aliphatic carbocycles. The number of carbonyl (C=O) groups excluding carboxylic acids is 3. The van der Waals surface area contributed by atoms with Crippen molar-refractivity contribution in [1.82, 2.24) is 5.32 Å². The van der Waals surface area contributed by atoms with E-state index in [9.17, 15) is 38.1 Å². The summed E-state index contributed by atoms with van der Waals surface area (Å²) in [4.78, 5) is 39.6. The third-order valence-electron chi connectivity index (χ3n) is 5.39. The number of methoxy groups -OCH3 is 1. The van der Waals surface area contributed by atoms with Gasteiger partial charge >= 0.3 is 0 Å². The number of benzene rings is 2. The van der Waals surface area contributed by atoms with Crippen molar-refractivity contribution < 1.29 is 47.4 Å². The van der Waals surface area contributed by atoms with Crippen molar-refractivity contribution in [2.75, 3.05) is 19.4 Å². The fraction of sp³-hybridized carbons (Fsp3) is 0.318. The lowest BCUT2D eigenvalue weighted by molar-refractivity contribution is 0.0951. The van der Waals surface area contributed by atoms with Crippen LogP contribution >= 0.6 is 0 Å². The van der Waals surface area contributed by atoms with Crippen LogP contribution in [0.15, 0.2) is 12.1 Å². The zero-order chi connectivity index (χ0) is 25.4. The van der Waals surface area contributed by atoms with Gasteiger partial charge in [0, 0.05) is 31.1 Å². The minimum Gasteiger partial charge on any atom is -0.507 e. The van der Waals surface area contributed by atoms with E-state index in [1.54, 1.807) is 6.92 Å². The summed E-state index contributed by atoms with van der Waals surface area (Å²) in [6, 6.07) is 2.33. The zero-order valence-electron chi connectivity index (χ0n) is 18.3. The number of ketones is 3. The standard InChI is InChI=1S/C22H23NO10S/c1-3-4-13(24)16-17-18(21(28)12(20(16)27)9-23-5-6-34(30,31)32)22(29)15-11(19(17)26)7-10(33-2)8-14(15)25/h7-8,23,25,27-28H,3-6,9H2,1-2H3,(H,30,31,32). The number of rotatable bonds is 9. The van der Waals surface area contributed by atoms with Crippen LogP contribution in [0.25, 0.3) is 0 Å². The van der Waals surface area contributed by atoms with Crippen molar-refractivity contribution in [2.24, 2.45) is 0 Å². The lowest BCUT2D eigenvalue weighted by Crippen LogP contribution is -2.27. The maximum absolute atomic E-state index is 13.4. The number of hydrogen-bond donors (Lipinski definition) is 5. The first-order valence-corrected chi connectivity index (χ1v) is 11.8. The molecule has 0 atom stereocenters. The smallest absolute Gasteiger partial charge is 0.266 e. The summed E-state index contributed by atoms with van der Waals surface area (Å²) in [5.41, 5.74) is -2.45. The highest BCUT2D eigenvalue weighted by atomic mass is 32.2. The van der Waals surface area contributed by atoms with Crippen LogP contribution < -0.4 is 10.1 Å². The molecule has 2 aromatic rings. The second-order valence-corrected chi connectivity index (χ2v) is 9.24. The predicted octanol–water partition coefficient (Wildman–Crippen LogP) is 1.55. The lowest BCUT2D eigenvalue weighted by Gasteiger charge is -2.25. The number of ether oxygens (including phenoxy) is 1. The third-order valence-corrected chi connectivity index (χ3v) is 6.11. The topological polar surface area (TPSA) is 188 Å². The molecule has 0 aromatic heterocycles. The molecule has 5 N–H and O–H groups in total.